The highest BCUT2D eigenvalue weighted by Gasteiger charge is 2.04. The molecule has 0 unspecified atom stereocenters. The maximum Gasteiger partial charge on any atom is 0.330 e. The number of phenols is 1. The van der Waals surface area contributed by atoms with Crippen LogP contribution in [0.15, 0.2) is 53.4 Å². The first-order valence-corrected chi connectivity index (χ1v) is 7.37. The Hall–Kier alpha value is -1.94. The molecular weight excluding hydrogens is 272 g/mol. The predicted octanol–water partition coefficient (Wildman–Crippen LogP) is 3.76. The van der Waals surface area contributed by atoms with E-state index in [-0.39, 0.29) is 11.7 Å². The second-order valence-corrected chi connectivity index (χ2v) is 5.16. The van der Waals surface area contributed by atoms with Crippen molar-refractivity contribution >= 4 is 28.5 Å². The Morgan fingerprint density at radius 3 is 2.75 bits per heavy atom. The van der Waals surface area contributed by atoms with Gasteiger partial charge in [-0.3, -0.25) is 0 Å². The summed E-state index contributed by atoms with van der Waals surface area (Å²) in [5.74, 6) is 0.642. The lowest BCUT2D eigenvalue weighted by Crippen LogP contribution is -1.98. The third-order valence-corrected chi connectivity index (χ3v) is 3.76. The van der Waals surface area contributed by atoms with Crippen molar-refractivity contribution < 1.29 is 14.6 Å². The van der Waals surface area contributed by atoms with E-state index in [0.29, 0.717) is 12.4 Å². The van der Waals surface area contributed by atoms with E-state index in [1.54, 1.807) is 30.8 Å². The lowest BCUT2D eigenvalue weighted by atomic mass is 10.1. The van der Waals surface area contributed by atoms with E-state index in [1.807, 2.05) is 30.3 Å². The van der Waals surface area contributed by atoms with Crippen LogP contribution in [0, 0.1) is 0 Å². The van der Waals surface area contributed by atoms with Gasteiger partial charge in [0.1, 0.15) is 5.75 Å². The monoisotopic (exact) mass is 288 g/mol. The second-order valence-electron chi connectivity index (χ2n) is 4.09. The van der Waals surface area contributed by atoms with E-state index >= 15 is 0 Å². The molecule has 0 fully saturated rings. The molecule has 1 N–H and O–H groups in total. The summed E-state index contributed by atoms with van der Waals surface area (Å²) in [7, 11) is 0. The first kappa shape index (κ1) is 14.5. The Morgan fingerprint density at radius 2 is 2.00 bits per heavy atom. The van der Waals surface area contributed by atoms with Crippen LogP contribution in [-0.2, 0) is 9.53 Å². The number of benzene rings is 2. The van der Waals surface area contributed by atoms with Gasteiger partial charge in [-0.05, 0) is 24.4 Å². The molecule has 2 aromatic rings. The maximum atomic E-state index is 11.2. The van der Waals surface area contributed by atoms with Gasteiger partial charge < -0.3 is 9.84 Å². The molecule has 0 spiro atoms. The minimum atomic E-state index is -0.316. The van der Waals surface area contributed by atoms with Crippen molar-refractivity contribution in [1.29, 1.82) is 0 Å². The van der Waals surface area contributed by atoms with Gasteiger partial charge in [0, 0.05) is 22.1 Å². The van der Waals surface area contributed by atoms with Crippen LogP contribution in [0.4, 0.5) is 0 Å². The molecule has 0 heterocycles. The molecule has 0 amide bonds. The number of hydrogen-bond acceptors (Lipinski definition) is 4. The average molecular weight is 288 g/mol. The summed E-state index contributed by atoms with van der Waals surface area (Å²) in [6, 6.07) is 11.3. The van der Waals surface area contributed by atoms with Gasteiger partial charge in [0.05, 0.1) is 6.61 Å². The van der Waals surface area contributed by atoms with Gasteiger partial charge in [-0.25, -0.2) is 4.79 Å². The zero-order valence-electron chi connectivity index (χ0n) is 11.2. The fourth-order valence-electron chi connectivity index (χ4n) is 1.85. The third kappa shape index (κ3) is 3.54. The van der Waals surface area contributed by atoms with Crippen LogP contribution in [0.3, 0.4) is 0 Å². The molecular formula is C16H16O3S. The first-order chi connectivity index (χ1) is 9.72. The SMILES string of the molecule is CCOC(=O)/C=C/CSc1ccc(O)c2ccccc12. The number of thioether (sulfide) groups is 1. The number of phenolic OH excluding ortho intramolecular Hbond substituents is 1. The van der Waals surface area contributed by atoms with Gasteiger partial charge in [-0.1, -0.05) is 30.3 Å². The summed E-state index contributed by atoms with van der Waals surface area (Å²) in [6.07, 6.45) is 3.23. The summed E-state index contributed by atoms with van der Waals surface area (Å²) < 4.78 is 4.81. The number of hydrogen-bond donors (Lipinski definition) is 1. The van der Waals surface area contributed by atoms with Crippen LogP contribution in [0.25, 0.3) is 10.8 Å². The van der Waals surface area contributed by atoms with Gasteiger partial charge >= 0.3 is 5.97 Å². The number of carbonyl (C=O) groups is 1. The highest BCUT2D eigenvalue weighted by atomic mass is 32.2. The van der Waals surface area contributed by atoms with E-state index in [9.17, 15) is 9.90 Å². The zero-order chi connectivity index (χ0) is 14.4. The maximum absolute atomic E-state index is 11.2. The number of aromatic hydroxyl groups is 1. The molecule has 20 heavy (non-hydrogen) atoms. The van der Waals surface area contributed by atoms with Crippen molar-refractivity contribution in [2.45, 2.75) is 11.8 Å². The molecule has 2 rings (SSSR count). The van der Waals surface area contributed by atoms with Crippen LogP contribution >= 0.6 is 11.8 Å². The molecule has 2 aromatic carbocycles. The van der Waals surface area contributed by atoms with E-state index in [1.165, 1.54) is 6.08 Å². The minimum absolute atomic E-state index is 0.284. The molecule has 0 atom stereocenters. The van der Waals surface area contributed by atoms with Crippen LogP contribution in [0.2, 0.25) is 0 Å². The zero-order valence-corrected chi connectivity index (χ0v) is 12.0. The number of rotatable bonds is 5. The Bertz CT molecular complexity index is 635. The summed E-state index contributed by atoms with van der Waals surface area (Å²) in [5.41, 5.74) is 0. The van der Waals surface area contributed by atoms with Gasteiger partial charge in [-0.2, -0.15) is 0 Å². The normalized spacial score (nSPS) is 11.1. The van der Waals surface area contributed by atoms with Crippen LogP contribution in [0.1, 0.15) is 6.92 Å². The molecule has 0 bridgehead atoms. The molecule has 0 saturated heterocycles. The van der Waals surface area contributed by atoms with Crippen molar-refractivity contribution in [2.24, 2.45) is 0 Å². The average Bonchev–Trinajstić information content (AvgIpc) is 2.46. The molecule has 0 aliphatic carbocycles. The van der Waals surface area contributed by atoms with E-state index < -0.39 is 0 Å². The Morgan fingerprint density at radius 1 is 1.25 bits per heavy atom. The van der Waals surface area contributed by atoms with Crippen molar-refractivity contribution in [3.05, 3.63) is 48.6 Å². The molecule has 3 nitrogen and oxygen atoms in total. The predicted molar refractivity (Wildman–Crippen MR) is 82.1 cm³/mol. The quantitative estimate of drug-likeness (QED) is 0.517. The fraction of sp³-hybridized carbons (Fsp3) is 0.188. The lowest BCUT2D eigenvalue weighted by molar-refractivity contribution is -0.137. The molecule has 0 radical (unpaired) electrons. The highest BCUT2D eigenvalue weighted by molar-refractivity contribution is 7.99. The van der Waals surface area contributed by atoms with E-state index in [2.05, 4.69) is 0 Å². The Balaban J connectivity index is 2.07. The van der Waals surface area contributed by atoms with Crippen molar-refractivity contribution in [2.75, 3.05) is 12.4 Å². The second kappa shape index (κ2) is 7.01. The molecule has 104 valence electrons. The first-order valence-electron chi connectivity index (χ1n) is 6.39. The topological polar surface area (TPSA) is 46.5 Å². The van der Waals surface area contributed by atoms with Crippen LogP contribution < -0.4 is 0 Å². The molecule has 0 aliphatic rings. The molecule has 0 aliphatic heterocycles. The summed E-state index contributed by atoms with van der Waals surface area (Å²) in [6.45, 7) is 2.17. The van der Waals surface area contributed by atoms with Crippen LogP contribution in [0.5, 0.6) is 5.75 Å². The van der Waals surface area contributed by atoms with E-state index in [0.717, 1.165) is 15.7 Å². The van der Waals surface area contributed by atoms with E-state index in [4.69, 9.17) is 4.74 Å². The fourth-order valence-corrected chi connectivity index (χ4v) is 2.72. The van der Waals surface area contributed by atoms with Gasteiger partial charge in [0.2, 0.25) is 0 Å². The Kier molecular flexibility index (Phi) is 5.07. The standard InChI is InChI=1S/C16H16O3S/c1-2-19-16(18)8-5-11-20-15-10-9-14(17)12-6-3-4-7-13(12)15/h3-10,17H,2,11H2,1H3/b8-5+. The molecule has 0 saturated carbocycles. The summed E-state index contributed by atoms with van der Waals surface area (Å²) in [5, 5.41) is 11.7. The molecule has 0 aromatic heterocycles. The largest absolute Gasteiger partial charge is 0.507 e. The van der Waals surface area contributed by atoms with Crippen molar-refractivity contribution in [1.82, 2.24) is 0 Å². The third-order valence-electron chi connectivity index (χ3n) is 2.74. The highest BCUT2D eigenvalue weighted by Crippen LogP contribution is 2.33. The number of carbonyl (C=O) groups excluding carboxylic acids is 1. The minimum Gasteiger partial charge on any atom is -0.507 e. The molecule has 4 heteroatoms. The lowest BCUT2D eigenvalue weighted by Gasteiger charge is -2.06. The van der Waals surface area contributed by atoms with Gasteiger partial charge in [0.25, 0.3) is 0 Å². The van der Waals surface area contributed by atoms with Crippen molar-refractivity contribution in [3.63, 3.8) is 0 Å². The van der Waals surface area contributed by atoms with Gasteiger partial charge in [0.15, 0.2) is 0 Å². The van der Waals surface area contributed by atoms with Gasteiger partial charge in [-0.15, -0.1) is 11.8 Å². The van der Waals surface area contributed by atoms with Crippen LogP contribution in [-0.4, -0.2) is 23.4 Å². The number of ether oxygens (including phenoxy) is 1. The summed E-state index contributed by atoms with van der Waals surface area (Å²) >= 11 is 1.61. The number of esters is 1. The summed E-state index contributed by atoms with van der Waals surface area (Å²) in [4.78, 5) is 12.2. The number of fused-ring (bicyclic) bond motifs is 1. The Labute approximate surface area is 122 Å². The van der Waals surface area contributed by atoms with Crippen molar-refractivity contribution in [3.8, 4) is 5.75 Å². The smallest absolute Gasteiger partial charge is 0.330 e.